The molecule has 0 bridgehead atoms. The number of aromatic nitrogens is 2. The van der Waals surface area contributed by atoms with E-state index in [1.165, 1.54) is 30.5 Å². The number of alkyl halides is 3. The first-order valence-electron chi connectivity index (χ1n) is 11.2. The highest BCUT2D eigenvalue weighted by Gasteiger charge is 2.35. The molecule has 3 N–H and O–H groups in total. The highest BCUT2D eigenvalue weighted by molar-refractivity contribution is 5.95. The monoisotopic (exact) mass is 546 g/mol. The van der Waals surface area contributed by atoms with Crippen LogP contribution in [0.1, 0.15) is 47.1 Å². The Morgan fingerprint density at radius 3 is 2.39 bits per heavy atom. The van der Waals surface area contributed by atoms with Crippen LogP contribution in [0.3, 0.4) is 0 Å². The number of halogens is 6. The maximum atomic E-state index is 14.0. The van der Waals surface area contributed by atoms with Crippen LogP contribution < -0.4 is 15.4 Å². The van der Waals surface area contributed by atoms with E-state index in [0.717, 1.165) is 6.07 Å². The van der Waals surface area contributed by atoms with Gasteiger partial charge in [0.1, 0.15) is 18.1 Å². The van der Waals surface area contributed by atoms with E-state index < -0.39 is 72.7 Å². The third-order valence-corrected chi connectivity index (χ3v) is 5.73. The number of benzene rings is 1. The fraction of sp³-hybridized carbons (Fsp3) is 0.375. The van der Waals surface area contributed by atoms with E-state index in [-0.39, 0.29) is 22.8 Å². The molecule has 0 saturated carbocycles. The Balaban J connectivity index is 1.87. The molecule has 1 atom stereocenters. The number of rotatable bonds is 9. The highest BCUT2D eigenvalue weighted by Crippen LogP contribution is 2.28. The number of imidazole rings is 1. The number of amides is 2. The zero-order valence-corrected chi connectivity index (χ0v) is 20.5. The Kier molecular flexibility index (Phi) is 8.12. The lowest BCUT2D eigenvalue weighted by molar-refractivity contribution is -0.138. The maximum Gasteiger partial charge on any atom is 0.405 e. The molecule has 1 aromatic carbocycles. The molecule has 0 spiro atoms. The van der Waals surface area contributed by atoms with E-state index in [1.807, 2.05) is 5.32 Å². The second-order valence-corrected chi connectivity index (χ2v) is 9.02. The van der Waals surface area contributed by atoms with Gasteiger partial charge in [-0.2, -0.15) is 13.2 Å². The molecule has 38 heavy (non-hydrogen) atoms. The zero-order valence-electron chi connectivity index (χ0n) is 20.5. The van der Waals surface area contributed by atoms with Crippen molar-refractivity contribution in [2.24, 2.45) is 0 Å². The fourth-order valence-corrected chi connectivity index (χ4v) is 3.82. The van der Waals surface area contributed by atoms with E-state index >= 15 is 0 Å². The first-order valence-corrected chi connectivity index (χ1v) is 11.2. The summed E-state index contributed by atoms with van der Waals surface area (Å²) >= 11 is 0. The van der Waals surface area contributed by atoms with Crippen LogP contribution in [-0.2, 0) is 6.61 Å². The van der Waals surface area contributed by atoms with Crippen molar-refractivity contribution in [2.45, 2.75) is 51.9 Å². The Morgan fingerprint density at radius 1 is 1.11 bits per heavy atom. The zero-order chi connectivity index (χ0) is 28.4. The molecule has 14 heteroatoms. The molecule has 1 unspecified atom stereocenters. The molecule has 0 aliphatic carbocycles. The van der Waals surface area contributed by atoms with Crippen molar-refractivity contribution in [3.8, 4) is 5.75 Å². The van der Waals surface area contributed by atoms with Gasteiger partial charge in [0.25, 0.3) is 5.91 Å². The van der Waals surface area contributed by atoms with Gasteiger partial charge in [0.15, 0.2) is 23.0 Å². The van der Waals surface area contributed by atoms with Crippen molar-refractivity contribution in [2.75, 3.05) is 6.54 Å². The number of nitrogens with one attached hydrogen (secondary N) is 2. The molecule has 2 heterocycles. The van der Waals surface area contributed by atoms with Crippen molar-refractivity contribution in [3.63, 3.8) is 0 Å². The summed E-state index contributed by atoms with van der Waals surface area (Å²) in [6.07, 6.45) is -6.48. The SMILES string of the molecule is Cc1cc(OCc2c(F)ccc(F)c2F)c2nc(C)c(C(=O)NCC(C)(CCC(F)(F)F)NC(=O)O)n2c1. The van der Waals surface area contributed by atoms with E-state index in [1.54, 1.807) is 6.92 Å². The molecule has 2 aromatic heterocycles. The van der Waals surface area contributed by atoms with Crippen LogP contribution in [0.15, 0.2) is 24.4 Å². The third kappa shape index (κ3) is 6.66. The minimum absolute atomic E-state index is 0.0230. The third-order valence-electron chi connectivity index (χ3n) is 5.73. The molecule has 0 aliphatic rings. The number of hydrogen-bond acceptors (Lipinski definition) is 4. The second-order valence-electron chi connectivity index (χ2n) is 9.02. The number of hydrogen-bond donors (Lipinski definition) is 3. The Morgan fingerprint density at radius 2 is 1.76 bits per heavy atom. The van der Waals surface area contributed by atoms with Crippen LogP contribution in [-0.4, -0.2) is 44.8 Å². The van der Waals surface area contributed by atoms with E-state index in [4.69, 9.17) is 9.84 Å². The topological polar surface area (TPSA) is 105 Å². The number of pyridine rings is 1. The molecule has 0 radical (unpaired) electrons. The summed E-state index contributed by atoms with van der Waals surface area (Å²) in [7, 11) is 0. The van der Waals surface area contributed by atoms with Crippen molar-refractivity contribution in [1.82, 2.24) is 20.0 Å². The first kappa shape index (κ1) is 28.6. The van der Waals surface area contributed by atoms with Gasteiger partial charge >= 0.3 is 12.3 Å². The summed E-state index contributed by atoms with van der Waals surface area (Å²) in [5, 5.41) is 13.5. The molecule has 0 aliphatic heterocycles. The largest absolute Gasteiger partial charge is 0.485 e. The summed E-state index contributed by atoms with van der Waals surface area (Å²) in [5.41, 5.74) is -1.49. The van der Waals surface area contributed by atoms with Crippen LogP contribution in [0.25, 0.3) is 5.65 Å². The standard InChI is InChI=1S/C24H24F6N4O4/c1-12-8-17(38-10-14-15(25)4-5-16(26)18(14)27)20-32-13(2)19(34(20)9-12)21(35)31-11-23(3,33-22(36)37)6-7-24(28,29)30/h4-5,8-9,33H,6-7,10-11H2,1-3H3,(H,31,35)(H,36,37). The maximum absolute atomic E-state index is 14.0. The van der Waals surface area contributed by atoms with Crippen molar-refractivity contribution in [3.05, 3.63) is 64.4 Å². The first-order chi connectivity index (χ1) is 17.6. The minimum atomic E-state index is -4.53. The van der Waals surface area contributed by atoms with Crippen LogP contribution in [0.2, 0.25) is 0 Å². The Labute approximate surface area is 212 Å². The molecular weight excluding hydrogens is 522 g/mol. The predicted molar refractivity (Wildman–Crippen MR) is 123 cm³/mol. The summed E-state index contributed by atoms with van der Waals surface area (Å²) in [6, 6.07) is 2.89. The van der Waals surface area contributed by atoms with Gasteiger partial charge in [0.05, 0.1) is 16.8 Å². The molecule has 8 nitrogen and oxygen atoms in total. The average molecular weight is 546 g/mol. The number of ether oxygens (including phenoxy) is 1. The van der Waals surface area contributed by atoms with Crippen molar-refractivity contribution < 1.29 is 45.8 Å². The number of carboxylic acid groups (broad SMARTS) is 1. The smallest absolute Gasteiger partial charge is 0.405 e. The van der Waals surface area contributed by atoms with E-state index in [9.17, 15) is 35.9 Å². The van der Waals surface area contributed by atoms with Gasteiger partial charge in [-0.15, -0.1) is 0 Å². The molecule has 0 fully saturated rings. The van der Waals surface area contributed by atoms with Gasteiger partial charge in [-0.3, -0.25) is 9.20 Å². The van der Waals surface area contributed by atoms with Gasteiger partial charge < -0.3 is 20.5 Å². The number of aryl methyl sites for hydroxylation is 2. The van der Waals surface area contributed by atoms with E-state index in [2.05, 4.69) is 10.3 Å². The second kappa shape index (κ2) is 10.8. The summed E-state index contributed by atoms with van der Waals surface area (Å²) in [6.45, 7) is 3.20. The van der Waals surface area contributed by atoms with Gasteiger partial charge in [0.2, 0.25) is 0 Å². The molecule has 3 rings (SSSR count). The molecule has 2 amide bonds. The minimum Gasteiger partial charge on any atom is -0.485 e. The number of carbonyl (C=O) groups is 2. The van der Waals surface area contributed by atoms with E-state index in [0.29, 0.717) is 11.6 Å². The van der Waals surface area contributed by atoms with Crippen LogP contribution >= 0.6 is 0 Å². The lowest BCUT2D eigenvalue weighted by atomic mass is 9.95. The highest BCUT2D eigenvalue weighted by atomic mass is 19.4. The lowest BCUT2D eigenvalue weighted by Crippen LogP contribution is -2.53. The normalized spacial score (nSPS) is 13.3. The number of nitrogens with zero attached hydrogens (tertiary/aromatic N) is 2. The Bertz CT molecular complexity index is 1370. The number of fused-ring (bicyclic) bond motifs is 1. The van der Waals surface area contributed by atoms with Gasteiger partial charge in [-0.05, 0) is 51.0 Å². The van der Waals surface area contributed by atoms with Gasteiger partial charge in [0, 0.05) is 19.2 Å². The van der Waals surface area contributed by atoms with Crippen LogP contribution in [0.5, 0.6) is 5.75 Å². The van der Waals surface area contributed by atoms with Gasteiger partial charge in [-0.25, -0.2) is 22.9 Å². The summed E-state index contributed by atoms with van der Waals surface area (Å²) in [5.74, 6) is -4.42. The molecule has 3 aromatic rings. The van der Waals surface area contributed by atoms with Crippen molar-refractivity contribution in [1.29, 1.82) is 0 Å². The van der Waals surface area contributed by atoms with Crippen molar-refractivity contribution >= 4 is 17.6 Å². The molecular formula is C24H24F6N4O4. The molecule has 0 saturated heterocycles. The summed E-state index contributed by atoms with van der Waals surface area (Å²) in [4.78, 5) is 28.5. The molecule has 206 valence electrons. The summed E-state index contributed by atoms with van der Waals surface area (Å²) < 4.78 is 86.7. The predicted octanol–water partition coefficient (Wildman–Crippen LogP) is 5.05. The number of carbonyl (C=O) groups excluding carboxylic acids is 1. The van der Waals surface area contributed by atoms with Gasteiger partial charge in [-0.1, -0.05) is 0 Å². The average Bonchev–Trinajstić information content (AvgIpc) is 3.13. The fourth-order valence-electron chi connectivity index (χ4n) is 3.82. The van der Waals surface area contributed by atoms with Crippen LogP contribution in [0, 0.1) is 31.3 Å². The Hall–Kier alpha value is -3.97. The quantitative estimate of drug-likeness (QED) is 0.258. The van der Waals surface area contributed by atoms with Crippen LogP contribution in [0.4, 0.5) is 31.1 Å². The lowest BCUT2D eigenvalue weighted by Gasteiger charge is -2.30.